The Balaban J connectivity index is 2.41. The summed E-state index contributed by atoms with van der Waals surface area (Å²) in [4.78, 5) is 4.22. The average Bonchev–Trinajstić information content (AvgIpc) is 2.29. The second-order valence-electron chi connectivity index (χ2n) is 4.10. The lowest BCUT2D eigenvalue weighted by Crippen LogP contribution is -2.09. The predicted molar refractivity (Wildman–Crippen MR) is 66.5 cm³/mol. The molecule has 3 heteroatoms. The van der Waals surface area contributed by atoms with Crippen LogP contribution in [0.25, 0.3) is 0 Å². The molecule has 2 N–H and O–H groups in total. The Hall–Kier alpha value is -1.09. The fourth-order valence-electron chi connectivity index (χ4n) is 1.57. The summed E-state index contributed by atoms with van der Waals surface area (Å²) in [6.07, 6.45) is 6.56. The van der Waals surface area contributed by atoms with E-state index in [0.717, 1.165) is 18.6 Å². The van der Waals surface area contributed by atoms with Crippen LogP contribution in [0.15, 0.2) is 18.3 Å². The zero-order chi connectivity index (χ0) is 11.8. The first-order valence-corrected chi connectivity index (χ1v) is 6.09. The number of unbranched alkanes of at least 4 members (excludes halogenated alkanes) is 3. The van der Waals surface area contributed by atoms with Crippen molar-refractivity contribution in [3.8, 4) is 5.88 Å². The number of aromatic nitrogens is 1. The molecule has 0 fully saturated rings. The Morgan fingerprint density at radius 1 is 1.38 bits per heavy atom. The standard InChI is InChI=1S/C13H22N2O/c1-3-4-5-6-10-16-13-12(11(2)14)8-7-9-15-13/h7-9,11H,3-6,10,14H2,1-2H3/t11-/m1/s1. The van der Waals surface area contributed by atoms with Crippen LogP contribution in [0, 0.1) is 0 Å². The predicted octanol–water partition coefficient (Wildman–Crippen LogP) is 3.06. The van der Waals surface area contributed by atoms with E-state index in [-0.39, 0.29) is 6.04 Å². The minimum absolute atomic E-state index is 0.0284. The fourth-order valence-corrected chi connectivity index (χ4v) is 1.57. The quantitative estimate of drug-likeness (QED) is 0.721. The number of pyridine rings is 1. The molecule has 1 heterocycles. The lowest BCUT2D eigenvalue weighted by atomic mass is 10.1. The van der Waals surface area contributed by atoms with Gasteiger partial charge in [0.05, 0.1) is 6.61 Å². The Morgan fingerprint density at radius 2 is 2.19 bits per heavy atom. The molecule has 0 amide bonds. The van der Waals surface area contributed by atoms with Crippen LogP contribution in [-0.2, 0) is 0 Å². The fraction of sp³-hybridized carbons (Fsp3) is 0.615. The first kappa shape index (κ1) is 13.0. The van der Waals surface area contributed by atoms with Crippen molar-refractivity contribution >= 4 is 0 Å². The molecule has 3 nitrogen and oxygen atoms in total. The van der Waals surface area contributed by atoms with Gasteiger partial charge in [0.1, 0.15) is 0 Å². The monoisotopic (exact) mass is 222 g/mol. The molecule has 0 aromatic carbocycles. The van der Waals surface area contributed by atoms with Gasteiger partial charge in [-0.15, -0.1) is 0 Å². The van der Waals surface area contributed by atoms with Gasteiger partial charge in [-0.2, -0.15) is 0 Å². The van der Waals surface area contributed by atoms with Gasteiger partial charge in [0.2, 0.25) is 5.88 Å². The van der Waals surface area contributed by atoms with Crippen LogP contribution in [0.4, 0.5) is 0 Å². The SMILES string of the molecule is CCCCCCOc1ncccc1[C@@H](C)N. The maximum atomic E-state index is 5.85. The van der Waals surface area contributed by atoms with Crippen molar-refractivity contribution in [3.05, 3.63) is 23.9 Å². The largest absolute Gasteiger partial charge is 0.477 e. The summed E-state index contributed by atoms with van der Waals surface area (Å²) < 4.78 is 5.65. The van der Waals surface area contributed by atoms with Crippen LogP contribution in [0.3, 0.4) is 0 Å². The van der Waals surface area contributed by atoms with E-state index in [1.54, 1.807) is 6.20 Å². The topological polar surface area (TPSA) is 48.1 Å². The molecule has 0 radical (unpaired) electrons. The van der Waals surface area contributed by atoms with Gasteiger partial charge in [0, 0.05) is 17.8 Å². The average molecular weight is 222 g/mol. The number of hydrogen-bond donors (Lipinski definition) is 1. The Bertz CT molecular complexity index is 300. The molecule has 90 valence electrons. The first-order chi connectivity index (χ1) is 7.75. The molecule has 0 spiro atoms. The summed E-state index contributed by atoms with van der Waals surface area (Å²) >= 11 is 0. The van der Waals surface area contributed by atoms with E-state index in [4.69, 9.17) is 10.5 Å². The summed E-state index contributed by atoms with van der Waals surface area (Å²) in [6, 6.07) is 3.83. The van der Waals surface area contributed by atoms with Crippen molar-refractivity contribution in [1.29, 1.82) is 0 Å². The summed E-state index contributed by atoms with van der Waals surface area (Å²) in [5, 5.41) is 0. The summed E-state index contributed by atoms with van der Waals surface area (Å²) in [6.45, 7) is 4.88. The molecule has 1 rings (SSSR count). The molecule has 1 aromatic heterocycles. The maximum Gasteiger partial charge on any atom is 0.218 e. The van der Waals surface area contributed by atoms with Gasteiger partial charge >= 0.3 is 0 Å². The van der Waals surface area contributed by atoms with E-state index in [1.165, 1.54) is 19.3 Å². The highest BCUT2D eigenvalue weighted by molar-refractivity contribution is 5.27. The highest BCUT2D eigenvalue weighted by Gasteiger charge is 2.07. The molecule has 0 aliphatic heterocycles. The first-order valence-electron chi connectivity index (χ1n) is 6.09. The van der Waals surface area contributed by atoms with Crippen molar-refractivity contribution in [2.75, 3.05) is 6.61 Å². The molecule has 0 saturated carbocycles. The van der Waals surface area contributed by atoms with Crippen molar-refractivity contribution in [1.82, 2.24) is 4.98 Å². The number of ether oxygens (including phenoxy) is 1. The van der Waals surface area contributed by atoms with Crippen molar-refractivity contribution < 1.29 is 4.74 Å². The van der Waals surface area contributed by atoms with E-state index >= 15 is 0 Å². The van der Waals surface area contributed by atoms with E-state index in [1.807, 2.05) is 19.1 Å². The summed E-state index contributed by atoms with van der Waals surface area (Å²) in [5.41, 5.74) is 6.83. The molecule has 1 atom stereocenters. The molecule has 0 aliphatic carbocycles. The van der Waals surface area contributed by atoms with Crippen LogP contribution < -0.4 is 10.5 Å². The Morgan fingerprint density at radius 3 is 2.88 bits per heavy atom. The van der Waals surface area contributed by atoms with Crippen LogP contribution in [-0.4, -0.2) is 11.6 Å². The summed E-state index contributed by atoms with van der Waals surface area (Å²) in [5.74, 6) is 0.689. The van der Waals surface area contributed by atoms with Crippen LogP contribution in [0.1, 0.15) is 51.1 Å². The van der Waals surface area contributed by atoms with Gasteiger partial charge in [0.15, 0.2) is 0 Å². The van der Waals surface area contributed by atoms with Crippen LogP contribution in [0.5, 0.6) is 5.88 Å². The minimum atomic E-state index is -0.0284. The van der Waals surface area contributed by atoms with Crippen molar-refractivity contribution in [2.24, 2.45) is 5.73 Å². The van der Waals surface area contributed by atoms with E-state index < -0.39 is 0 Å². The molecule has 0 unspecified atom stereocenters. The van der Waals surface area contributed by atoms with Gasteiger partial charge in [-0.3, -0.25) is 0 Å². The molecular weight excluding hydrogens is 200 g/mol. The Kier molecular flexibility index (Phi) is 5.86. The van der Waals surface area contributed by atoms with Gasteiger partial charge in [-0.05, 0) is 19.4 Å². The smallest absolute Gasteiger partial charge is 0.218 e. The summed E-state index contributed by atoms with van der Waals surface area (Å²) in [7, 11) is 0. The molecule has 1 aromatic rings. The molecule has 0 bridgehead atoms. The third-order valence-electron chi connectivity index (χ3n) is 2.53. The zero-order valence-electron chi connectivity index (χ0n) is 10.3. The minimum Gasteiger partial charge on any atom is -0.477 e. The highest BCUT2D eigenvalue weighted by atomic mass is 16.5. The van der Waals surface area contributed by atoms with Crippen molar-refractivity contribution in [2.45, 2.75) is 45.6 Å². The second-order valence-corrected chi connectivity index (χ2v) is 4.10. The van der Waals surface area contributed by atoms with Gasteiger partial charge < -0.3 is 10.5 Å². The normalized spacial score (nSPS) is 12.4. The number of rotatable bonds is 7. The third kappa shape index (κ3) is 4.19. The molecule has 0 aliphatic rings. The number of nitrogens with zero attached hydrogens (tertiary/aromatic N) is 1. The van der Waals surface area contributed by atoms with Crippen molar-refractivity contribution in [3.63, 3.8) is 0 Å². The molecule has 0 saturated heterocycles. The lowest BCUT2D eigenvalue weighted by Gasteiger charge is -2.12. The lowest BCUT2D eigenvalue weighted by molar-refractivity contribution is 0.289. The third-order valence-corrected chi connectivity index (χ3v) is 2.53. The van der Waals surface area contributed by atoms with Gasteiger partial charge in [0.25, 0.3) is 0 Å². The Labute approximate surface area is 98.0 Å². The van der Waals surface area contributed by atoms with Crippen LogP contribution >= 0.6 is 0 Å². The number of hydrogen-bond acceptors (Lipinski definition) is 3. The molecule has 16 heavy (non-hydrogen) atoms. The van der Waals surface area contributed by atoms with Gasteiger partial charge in [-0.25, -0.2) is 4.98 Å². The van der Waals surface area contributed by atoms with Crippen LogP contribution in [0.2, 0.25) is 0 Å². The maximum absolute atomic E-state index is 5.85. The van der Waals surface area contributed by atoms with E-state index in [0.29, 0.717) is 5.88 Å². The highest BCUT2D eigenvalue weighted by Crippen LogP contribution is 2.20. The second kappa shape index (κ2) is 7.23. The molecular formula is C13H22N2O. The van der Waals surface area contributed by atoms with Gasteiger partial charge in [-0.1, -0.05) is 32.3 Å². The van der Waals surface area contributed by atoms with E-state index in [2.05, 4.69) is 11.9 Å². The zero-order valence-corrected chi connectivity index (χ0v) is 10.3. The number of nitrogens with two attached hydrogens (primary N) is 1. The van der Waals surface area contributed by atoms with E-state index in [9.17, 15) is 0 Å².